The number of benzene rings is 2. The van der Waals surface area contributed by atoms with E-state index in [9.17, 15) is 14.4 Å². The highest BCUT2D eigenvalue weighted by molar-refractivity contribution is 5.98. The zero-order chi connectivity index (χ0) is 20.5. The predicted molar refractivity (Wildman–Crippen MR) is 101 cm³/mol. The molecule has 2 aromatic carbocycles. The van der Waals surface area contributed by atoms with E-state index < -0.39 is 24.0 Å². The summed E-state index contributed by atoms with van der Waals surface area (Å²) in [6, 6.07) is 13.1. The highest BCUT2D eigenvalue weighted by Gasteiger charge is 2.21. The Kier molecular flexibility index (Phi) is 7.38. The van der Waals surface area contributed by atoms with Crippen LogP contribution in [0.2, 0.25) is 0 Å². The van der Waals surface area contributed by atoms with Crippen molar-refractivity contribution in [2.75, 3.05) is 14.2 Å². The summed E-state index contributed by atoms with van der Waals surface area (Å²) in [6.07, 6.45) is -1.17. The van der Waals surface area contributed by atoms with Crippen LogP contribution in [0.5, 0.6) is 11.5 Å². The van der Waals surface area contributed by atoms with Gasteiger partial charge in [0.1, 0.15) is 11.5 Å². The standard InChI is InChI=1S/C20H22N2O6/c1-13(18(23)22-20(25)21-12-14-7-5-4-6-8-14)28-19(24)15-9-16(26-2)11-17(10-15)27-3/h4-11,13H,12H2,1-3H3,(H2,21,22,23,25). The van der Waals surface area contributed by atoms with Crippen LogP contribution in [0, 0.1) is 0 Å². The van der Waals surface area contributed by atoms with Crippen LogP contribution in [0.15, 0.2) is 48.5 Å². The van der Waals surface area contributed by atoms with Gasteiger partial charge in [-0.05, 0) is 24.6 Å². The Morgan fingerprint density at radius 2 is 1.57 bits per heavy atom. The van der Waals surface area contributed by atoms with Crippen molar-refractivity contribution in [2.45, 2.75) is 19.6 Å². The molecular formula is C20H22N2O6. The predicted octanol–water partition coefficient (Wildman–Crippen LogP) is 2.28. The Bertz CT molecular complexity index is 816. The summed E-state index contributed by atoms with van der Waals surface area (Å²) < 4.78 is 15.3. The van der Waals surface area contributed by atoms with Crippen LogP contribution >= 0.6 is 0 Å². The summed E-state index contributed by atoms with van der Waals surface area (Å²) in [5.74, 6) is -0.675. The van der Waals surface area contributed by atoms with Gasteiger partial charge in [-0.1, -0.05) is 30.3 Å². The van der Waals surface area contributed by atoms with Crippen LogP contribution in [0.1, 0.15) is 22.8 Å². The van der Waals surface area contributed by atoms with Gasteiger partial charge >= 0.3 is 12.0 Å². The Morgan fingerprint density at radius 1 is 0.964 bits per heavy atom. The summed E-state index contributed by atoms with van der Waals surface area (Å²) in [6.45, 7) is 1.63. The summed E-state index contributed by atoms with van der Waals surface area (Å²) in [7, 11) is 2.90. The zero-order valence-corrected chi connectivity index (χ0v) is 15.9. The first-order valence-corrected chi connectivity index (χ1v) is 8.49. The Labute approximate surface area is 162 Å². The van der Waals surface area contributed by atoms with Crippen molar-refractivity contribution in [1.82, 2.24) is 10.6 Å². The van der Waals surface area contributed by atoms with Gasteiger partial charge in [0.25, 0.3) is 5.91 Å². The minimum absolute atomic E-state index is 0.157. The van der Waals surface area contributed by atoms with Crippen molar-refractivity contribution in [1.29, 1.82) is 0 Å². The van der Waals surface area contributed by atoms with E-state index in [1.807, 2.05) is 30.3 Å². The molecule has 2 N–H and O–H groups in total. The molecule has 0 bridgehead atoms. The van der Waals surface area contributed by atoms with Gasteiger partial charge in [0.2, 0.25) is 0 Å². The van der Waals surface area contributed by atoms with Crippen LogP contribution in [-0.4, -0.2) is 38.2 Å². The number of amides is 3. The fraction of sp³-hybridized carbons (Fsp3) is 0.250. The van der Waals surface area contributed by atoms with Crippen LogP contribution in [0.25, 0.3) is 0 Å². The normalized spacial score (nSPS) is 11.1. The third kappa shape index (κ3) is 6.01. The number of rotatable bonds is 7. The van der Waals surface area contributed by atoms with E-state index in [-0.39, 0.29) is 12.1 Å². The second-order valence-electron chi connectivity index (χ2n) is 5.81. The SMILES string of the molecule is COc1cc(OC)cc(C(=O)OC(C)C(=O)NC(=O)NCc2ccccc2)c1. The van der Waals surface area contributed by atoms with E-state index in [0.29, 0.717) is 11.5 Å². The van der Waals surface area contributed by atoms with Gasteiger partial charge in [-0.15, -0.1) is 0 Å². The van der Waals surface area contributed by atoms with Gasteiger partial charge in [0.15, 0.2) is 6.10 Å². The molecule has 2 rings (SSSR count). The first-order valence-electron chi connectivity index (χ1n) is 8.49. The van der Waals surface area contributed by atoms with Gasteiger partial charge in [-0.25, -0.2) is 9.59 Å². The minimum atomic E-state index is -1.17. The lowest BCUT2D eigenvalue weighted by Gasteiger charge is -2.14. The maximum atomic E-state index is 12.3. The molecule has 8 heteroatoms. The van der Waals surface area contributed by atoms with Crippen molar-refractivity contribution in [3.63, 3.8) is 0 Å². The van der Waals surface area contributed by atoms with Crippen molar-refractivity contribution in [2.24, 2.45) is 0 Å². The van der Waals surface area contributed by atoms with E-state index in [2.05, 4.69) is 10.6 Å². The number of carbonyl (C=O) groups excluding carboxylic acids is 3. The van der Waals surface area contributed by atoms with Crippen molar-refractivity contribution in [3.05, 3.63) is 59.7 Å². The number of urea groups is 1. The van der Waals surface area contributed by atoms with Gasteiger partial charge in [0, 0.05) is 12.6 Å². The largest absolute Gasteiger partial charge is 0.497 e. The number of ether oxygens (including phenoxy) is 3. The number of hydrogen-bond acceptors (Lipinski definition) is 6. The lowest BCUT2D eigenvalue weighted by molar-refractivity contribution is -0.127. The molecule has 0 fully saturated rings. The third-order valence-electron chi connectivity index (χ3n) is 3.77. The molecule has 0 saturated carbocycles. The quantitative estimate of drug-likeness (QED) is 0.708. The molecule has 148 valence electrons. The molecule has 3 amide bonds. The lowest BCUT2D eigenvalue weighted by atomic mass is 10.2. The highest BCUT2D eigenvalue weighted by atomic mass is 16.5. The number of carbonyl (C=O) groups is 3. The molecule has 8 nitrogen and oxygen atoms in total. The second kappa shape index (κ2) is 9.96. The first kappa shape index (κ1) is 20.8. The van der Waals surface area contributed by atoms with Gasteiger partial charge in [0.05, 0.1) is 19.8 Å². The number of esters is 1. The lowest BCUT2D eigenvalue weighted by Crippen LogP contribution is -2.44. The fourth-order valence-electron chi connectivity index (χ4n) is 2.24. The Balaban J connectivity index is 1.89. The van der Waals surface area contributed by atoms with Gasteiger partial charge in [-0.2, -0.15) is 0 Å². The monoisotopic (exact) mass is 386 g/mol. The molecule has 0 saturated heterocycles. The second-order valence-corrected chi connectivity index (χ2v) is 5.81. The van der Waals surface area contributed by atoms with Crippen LogP contribution in [-0.2, 0) is 16.1 Å². The smallest absolute Gasteiger partial charge is 0.339 e. The molecule has 0 aromatic heterocycles. The molecule has 0 spiro atoms. The molecule has 2 aromatic rings. The van der Waals surface area contributed by atoms with Crippen LogP contribution < -0.4 is 20.1 Å². The van der Waals surface area contributed by atoms with Crippen LogP contribution in [0.3, 0.4) is 0 Å². The molecular weight excluding hydrogens is 364 g/mol. The summed E-state index contributed by atoms with van der Waals surface area (Å²) in [4.78, 5) is 36.2. The molecule has 1 atom stereocenters. The van der Waals surface area contributed by atoms with E-state index in [4.69, 9.17) is 14.2 Å². The summed E-state index contributed by atoms with van der Waals surface area (Å²) >= 11 is 0. The topological polar surface area (TPSA) is 103 Å². The van der Waals surface area contributed by atoms with Crippen LogP contribution in [0.4, 0.5) is 4.79 Å². The van der Waals surface area contributed by atoms with E-state index >= 15 is 0 Å². The molecule has 0 heterocycles. The van der Waals surface area contributed by atoms with Gasteiger partial charge < -0.3 is 19.5 Å². The van der Waals surface area contributed by atoms with E-state index in [1.54, 1.807) is 6.07 Å². The summed E-state index contributed by atoms with van der Waals surface area (Å²) in [5, 5.41) is 4.69. The minimum Gasteiger partial charge on any atom is -0.497 e. The van der Waals surface area contributed by atoms with E-state index in [1.165, 1.54) is 33.3 Å². The number of methoxy groups -OCH3 is 2. The molecule has 0 aliphatic heterocycles. The Morgan fingerprint density at radius 3 is 2.14 bits per heavy atom. The van der Waals surface area contributed by atoms with E-state index in [0.717, 1.165) is 5.56 Å². The number of nitrogens with one attached hydrogen (secondary N) is 2. The Hall–Kier alpha value is -3.55. The molecule has 1 unspecified atom stereocenters. The van der Waals surface area contributed by atoms with Crippen molar-refractivity contribution < 1.29 is 28.6 Å². The van der Waals surface area contributed by atoms with Gasteiger partial charge in [-0.3, -0.25) is 10.1 Å². The number of hydrogen-bond donors (Lipinski definition) is 2. The van der Waals surface area contributed by atoms with Crippen molar-refractivity contribution in [3.8, 4) is 11.5 Å². The maximum Gasteiger partial charge on any atom is 0.339 e. The fourth-order valence-corrected chi connectivity index (χ4v) is 2.24. The first-order chi connectivity index (χ1) is 13.4. The summed E-state index contributed by atoms with van der Waals surface area (Å²) in [5.41, 5.74) is 1.04. The third-order valence-corrected chi connectivity index (χ3v) is 3.77. The van der Waals surface area contributed by atoms with Crippen molar-refractivity contribution >= 4 is 17.9 Å². The average molecular weight is 386 g/mol. The number of imide groups is 1. The zero-order valence-electron chi connectivity index (χ0n) is 15.9. The molecule has 0 radical (unpaired) electrons. The molecule has 0 aliphatic carbocycles. The molecule has 28 heavy (non-hydrogen) atoms. The molecule has 0 aliphatic rings. The highest BCUT2D eigenvalue weighted by Crippen LogP contribution is 2.23. The average Bonchev–Trinajstić information content (AvgIpc) is 2.72. The maximum absolute atomic E-state index is 12.3.